The van der Waals surface area contributed by atoms with Crippen molar-refractivity contribution in [2.24, 2.45) is 0 Å². The van der Waals surface area contributed by atoms with Crippen LogP contribution in [0, 0.1) is 6.92 Å². The third kappa shape index (κ3) is 1.39. The van der Waals surface area contributed by atoms with Gasteiger partial charge in [-0.2, -0.15) is 0 Å². The highest BCUT2D eigenvalue weighted by Gasteiger charge is 2.49. The number of anilines is 2. The lowest BCUT2D eigenvalue weighted by Gasteiger charge is -2.46. The summed E-state index contributed by atoms with van der Waals surface area (Å²) in [7, 11) is 0. The van der Waals surface area contributed by atoms with Crippen molar-refractivity contribution in [2.75, 3.05) is 16.8 Å². The largest absolute Gasteiger partial charge is 0.355 e. The Morgan fingerprint density at radius 2 is 2.06 bits per heavy atom. The summed E-state index contributed by atoms with van der Waals surface area (Å²) in [6.07, 6.45) is 4.29. The zero-order valence-corrected chi connectivity index (χ0v) is 11.1. The third-order valence-electron chi connectivity index (χ3n) is 4.44. The number of hydrogen-bond acceptors (Lipinski definition) is 2. The molecule has 0 radical (unpaired) electrons. The molecule has 0 atom stereocenters. The van der Waals surface area contributed by atoms with Crippen molar-refractivity contribution < 1.29 is 4.79 Å². The molecule has 96 valence electrons. The number of benzene rings is 1. The lowest BCUT2D eigenvalue weighted by molar-refractivity contribution is -0.121. The first-order chi connectivity index (χ1) is 8.69. The highest BCUT2D eigenvalue weighted by atomic mass is 16.2. The van der Waals surface area contributed by atoms with Gasteiger partial charge in [0.05, 0.1) is 11.4 Å². The van der Waals surface area contributed by atoms with Crippen molar-refractivity contribution in [1.82, 2.24) is 0 Å². The van der Waals surface area contributed by atoms with E-state index in [0.29, 0.717) is 0 Å². The summed E-state index contributed by atoms with van der Waals surface area (Å²) in [6.45, 7) is 5.17. The quantitative estimate of drug-likeness (QED) is 0.823. The first-order valence-corrected chi connectivity index (χ1v) is 6.88. The molecule has 2 aliphatic rings. The molecule has 3 nitrogen and oxygen atoms in total. The van der Waals surface area contributed by atoms with E-state index >= 15 is 0 Å². The number of fused-ring (bicyclic) bond motifs is 1. The Balaban J connectivity index is 2.17. The number of carbonyl (C=O) groups excluding carboxylic acids is 1. The summed E-state index contributed by atoms with van der Waals surface area (Å²) in [4.78, 5) is 14.8. The van der Waals surface area contributed by atoms with Gasteiger partial charge in [0.15, 0.2) is 0 Å². The maximum atomic E-state index is 12.5. The summed E-state index contributed by atoms with van der Waals surface area (Å²) < 4.78 is 0. The summed E-state index contributed by atoms with van der Waals surface area (Å²) in [5, 5.41) is 3.12. The van der Waals surface area contributed by atoms with Crippen LogP contribution in [0.15, 0.2) is 18.2 Å². The molecule has 3 heteroatoms. The summed E-state index contributed by atoms with van der Waals surface area (Å²) in [5.74, 6) is 0.194. The normalized spacial score (nSPS) is 21.0. The molecule has 1 heterocycles. The molecule has 0 aromatic heterocycles. The Kier molecular flexibility index (Phi) is 2.58. The number of para-hydroxylation sites is 1. The number of aryl methyl sites for hydroxylation is 1. The van der Waals surface area contributed by atoms with E-state index in [9.17, 15) is 4.79 Å². The van der Waals surface area contributed by atoms with Crippen LogP contribution in [0.4, 0.5) is 11.4 Å². The number of carbonyl (C=O) groups is 1. The molecule has 0 saturated heterocycles. The molecule has 0 unspecified atom stereocenters. The van der Waals surface area contributed by atoms with Crippen LogP contribution in [0.1, 0.15) is 38.2 Å². The lowest BCUT2D eigenvalue weighted by Crippen LogP contribution is -2.58. The van der Waals surface area contributed by atoms with E-state index in [1.807, 2.05) is 12.1 Å². The second-order valence-corrected chi connectivity index (χ2v) is 5.41. The van der Waals surface area contributed by atoms with Crippen molar-refractivity contribution in [1.29, 1.82) is 0 Å². The molecule has 1 aromatic carbocycles. The first-order valence-electron chi connectivity index (χ1n) is 6.88. The van der Waals surface area contributed by atoms with Crippen LogP contribution >= 0.6 is 0 Å². The third-order valence-corrected chi connectivity index (χ3v) is 4.44. The minimum Gasteiger partial charge on any atom is -0.355 e. The van der Waals surface area contributed by atoms with Gasteiger partial charge in [-0.3, -0.25) is 4.79 Å². The van der Waals surface area contributed by atoms with Crippen LogP contribution in [0.25, 0.3) is 0 Å². The predicted molar refractivity (Wildman–Crippen MR) is 74.0 cm³/mol. The van der Waals surface area contributed by atoms with Crippen LogP contribution < -0.4 is 10.2 Å². The van der Waals surface area contributed by atoms with E-state index in [-0.39, 0.29) is 11.4 Å². The fraction of sp³-hybridized carbons (Fsp3) is 0.533. The Morgan fingerprint density at radius 1 is 1.33 bits per heavy atom. The van der Waals surface area contributed by atoms with Gasteiger partial charge in [-0.15, -0.1) is 0 Å². The average Bonchev–Trinajstić information content (AvgIpc) is 2.83. The van der Waals surface area contributed by atoms with E-state index in [1.54, 1.807) is 0 Å². The highest BCUT2D eigenvalue weighted by molar-refractivity contribution is 6.07. The van der Waals surface area contributed by atoms with E-state index in [1.165, 1.54) is 11.3 Å². The predicted octanol–water partition coefficient (Wildman–Crippen LogP) is 3.09. The number of rotatable bonds is 1. The Bertz CT molecular complexity index is 489. The van der Waals surface area contributed by atoms with E-state index < -0.39 is 0 Å². The van der Waals surface area contributed by atoms with Gasteiger partial charge < -0.3 is 10.2 Å². The van der Waals surface area contributed by atoms with Crippen LogP contribution in [0.5, 0.6) is 0 Å². The topological polar surface area (TPSA) is 32.3 Å². The second-order valence-electron chi connectivity index (χ2n) is 5.41. The summed E-state index contributed by atoms with van der Waals surface area (Å²) >= 11 is 0. The number of nitrogens with one attached hydrogen (secondary N) is 1. The zero-order valence-electron chi connectivity index (χ0n) is 11.1. The van der Waals surface area contributed by atoms with Gasteiger partial charge in [-0.05, 0) is 38.3 Å². The van der Waals surface area contributed by atoms with Gasteiger partial charge in [0.2, 0.25) is 5.91 Å². The van der Waals surface area contributed by atoms with Crippen LogP contribution in [-0.2, 0) is 4.79 Å². The maximum Gasteiger partial charge on any atom is 0.250 e. The second kappa shape index (κ2) is 4.01. The van der Waals surface area contributed by atoms with Crippen molar-refractivity contribution in [2.45, 2.75) is 45.1 Å². The molecule has 1 fully saturated rings. The monoisotopic (exact) mass is 244 g/mol. The van der Waals surface area contributed by atoms with E-state index in [4.69, 9.17) is 0 Å². The molecule has 1 aliphatic carbocycles. The van der Waals surface area contributed by atoms with Gasteiger partial charge in [0.25, 0.3) is 0 Å². The molecular weight excluding hydrogens is 224 g/mol. The van der Waals surface area contributed by atoms with Crippen molar-refractivity contribution in [3.63, 3.8) is 0 Å². The number of hydrogen-bond donors (Lipinski definition) is 1. The van der Waals surface area contributed by atoms with E-state index in [0.717, 1.165) is 37.9 Å². The summed E-state index contributed by atoms with van der Waals surface area (Å²) in [6, 6.07) is 6.14. The van der Waals surface area contributed by atoms with Gasteiger partial charge in [0, 0.05) is 6.54 Å². The molecule has 0 bridgehead atoms. The van der Waals surface area contributed by atoms with Gasteiger partial charge >= 0.3 is 0 Å². The minimum absolute atomic E-state index is 0.194. The number of amides is 1. The average molecular weight is 244 g/mol. The molecule has 1 aliphatic heterocycles. The molecule has 1 saturated carbocycles. The molecule has 1 spiro atoms. The fourth-order valence-corrected chi connectivity index (χ4v) is 3.61. The number of likely N-dealkylation sites (N-methyl/N-ethyl adjacent to an activating group) is 1. The SMILES string of the molecule is CCN1c2c(C)cccc2NC(=O)C12CCCC2. The van der Waals surface area contributed by atoms with Crippen molar-refractivity contribution >= 4 is 17.3 Å². The molecule has 1 N–H and O–H groups in total. The van der Waals surface area contributed by atoms with E-state index in [2.05, 4.69) is 30.1 Å². The highest BCUT2D eigenvalue weighted by Crippen LogP contribution is 2.46. The van der Waals surface area contributed by atoms with Crippen LogP contribution in [0.3, 0.4) is 0 Å². The van der Waals surface area contributed by atoms with Crippen molar-refractivity contribution in [3.8, 4) is 0 Å². The first kappa shape index (κ1) is 11.6. The van der Waals surface area contributed by atoms with Gasteiger partial charge in [0.1, 0.15) is 5.54 Å². The zero-order chi connectivity index (χ0) is 12.8. The van der Waals surface area contributed by atoms with Gasteiger partial charge in [-0.25, -0.2) is 0 Å². The van der Waals surface area contributed by atoms with Crippen LogP contribution in [0.2, 0.25) is 0 Å². The summed E-state index contributed by atoms with van der Waals surface area (Å²) in [5.41, 5.74) is 3.16. The fourth-order valence-electron chi connectivity index (χ4n) is 3.61. The molecule has 18 heavy (non-hydrogen) atoms. The Labute approximate surface area is 108 Å². The smallest absolute Gasteiger partial charge is 0.250 e. The molecule has 1 amide bonds. The van der Waals surface area contributed by atoms with Gasteiger partial charge in [-0.1, -0.05) is 25.0 Å². The molecule has 1 aromatic rings. The Morgan fingerprint density at radius 3 is 2.72 bits per heavy atom. The number of nitrogens with zero attached hydrogens (tertiary/aromatic N) is 1. The Hall–Kier alpha value is -1.51. The molecule has 3 rings (SSSR count). The van der Waals surface area contributed by atoms with Crippen LogP contribution in [-0.4, -0.2) is 18.0 Å². The lowest BCUT2D eigenvalue weighted by atomic mass is 9.89. The van der Waals surface area contributed by atoms with Crippen molar-refractivity contribution in [3.05, 3.63) is 23.8 Å². The molecular formula is C15H20N2O. The minimum atomic E-state index is -0.284. The maximum absolute atomic E-state index is 12.5. The standard InChI is InChI=1S/C15H20N2O/c1-3-17-13-11(2)7-6-8-12(13)16-14(18)15(17)9-4-5-10-15/h6-8H,3-5,9-10H2,1-2H3,(H,16,18).